The van der Waals surface area contributed by atoms with Gasteiger partial charge in [-0.3, -0.25) is 4.79 Å². The molecule has 3 rings (SSSR count). The molecule has 5 nitrogen and oxygen atoms in total. The summed E-state index contributed by atoms with van der Waals surface area (Å²) in [5, 5.41) is 0. The van der Waals surface area contributed by atoms with Crippen LogP contribution in [0.3, 0.4) is 0 Å². The lowest BCUT2D eigenvalue weighted by Gasteiger charge is -2.47. The standard InChI is InChI=1S/C14H24N2O3/c15-14(5-8-18-9-6-14)13(17)16-7-10-19-12-4-2-1-3-11(12)16/h11-12H,1-10,15H2. The minimum atomic E-state index is -0.711. The number of hydrogen-bond acceptors (Lipinski definition) is 4. The lowest BCUT2D eigenvalue weighted by molar-refractivity contribution is -0.158. The number of carbonyl (C=O) groups is 1. The molecule has 0 aromatic heterocycles. The van der Waals surface area contributed by atoms with Crippen molar-refractivity contribution in [2.24, 2.45) is 5.73 Å². The van der Waals surface area contributed by atoms with Gasteiger partial charge in [-0.15, -0.1) is 0 Å². The van der Waals surface area contributed by atoms with Crippen LogP contribution in [0.5, 0.6) is 0 Å². The van der Waals surface area contributed by atoms with Gasteiger partial charge in [-0.1, -0.05) is 12.8 Å². The number of nitrogens with two attached hydrogens (primary N) is 1. The van der Waals surface area contributed by atoms with E-state index >= 15 is 0 Å². The predicted molar refractivity (Wildman–Crippen MR) is 70.7 cm³/mol. The average Bonchev–Trinajstić information content (AvgIpc) is 2.47. The number of rotatable bonds is 1. The fraction of sp³-hybridized carbons (Fsp3) is 0.929. The number of ether oxygens (including phenoxy) is 2. The molecule has 0 aromatic carbocycles. The van der Waals surface area contributed by atoms with Gasteiger partial charge in [0.05, 0.1) is 24.3 Å². The maximum atomic E-state index is 12.8. The van der Waals surface area contributed by atoms with Crippen LogP contribution in [0.25, 0.3) is 0 Å². The maximum absolute atomic E-state index is 12.8. The van der Waals surface area contributed by atoms with Gasteiger partial charge in [0, 0.05) is 19.8 Å². The lowest BCUT2D eigenvalue weighted by atomic mass is 9.85. The van der Waals surface area contributed by atoms with E-state index in [0.29, 0.717) is 39.2 Å². The van der Waals surface area contributed by atoms with Gasteiger partial charge in [0.2, 0.25) is 5.91 Å². The van der Waals surface area contributed by atoms with Crippen LogP contribution in [-0.2, 0) is 14.3 Å². The Labute approximate surface area is 114 Å². The Hall–Kier alpha value is -0.650. The molecule has 0 aromatic rings. The first kappa shape index (κ1) is 13.3. The van der Waals surface area contributed by atoms with Crippen LogP contribution in [0, 0.1) is 0 Å². The third-order valence-corrected chi connectivity index (χ3v) is 4.80. The summed E-state index contributed by atoms with van der Waals surface area (Å²) in [4.78, 5) is 14.8. The molecule has 0 radical (unpaired) electrons. The Morgan fingerprint density at radius 1 is 1.16 bits per heavy atom. The molecule has 108 valence electrons. The molecule has 2 N–H and O–H groups in total. The number of hydrogen-bond donors (Lipinski definition) is 1. The van der Waals surface area contributed by atoms with E-state index in [9.17, 15) is 4.79 Å². The SMILES string of the molecule is NC1(C(=O)N2CCOC3CCCCC32)CCOCC1. The topological polar surface area (TPSA) is 64.8 Å². The highest BCUT2D eigenvalue weighted by molar-refractivity contribution is 5.86. The van der Waals surface area contributed by atoms with E-state index in [4.69, 9.17) is 15.2 Å². The maximum Gasteiger partial charge on any atom is 0.243 e. The lowest BCUT2D eigenvalue weighted by Crippen LogP contribution is -2.64. The number of nitrogens with zero attached hydrogens (tertiary/aromatic N) is 1. The summed E-state index contributed by atoms with van der Waals surface area (Å²) in [5.41, 5.74) is 5.63. The van der Waals surface area contributed by atoms with E-state index in [0.717, 1.165) is 12.8 Å². The molecular weight excluding hydrogens is 244 g/mol. The normalized spacial score (nSPS) is 34.7. The van der Waals surface area contributed by atoms with Crippen molar-refractivity contribution in [1.82, 2.24) is 4.90 Å². The van der Waals surface area contributed by atoms with Crippen LogP contribution in [0.1, 0.15) is 38.5 Å². The molecule has 0 spiro atoms. The van der Waals surface area contributed by atoms with Crippen LogP contribution >= 0.6 is 0 Å². The summed E-state index contributed by atoms with van der Waals surface area (Å²) in [6.45, 7) is 2.54. The summed E-state index contributed by atoms with van der Waals surface area (Å²) < 4.78 is 11.2. The summed E-state index contributed by atoms with van der Waals surface area (Å²) in [6, 6.07) is 0.248. The molecule has 2 unspecified atom stereocenters. The second-order valence-electron chi connectivity index (χ2n) is 6.03. The third kappa shape index (κ3) is 2.51. The monoisotopic (exact) mass is 268 g/mol. The zero-order valence-corrected chi connectivity index (χ0v) is 11.5. The van der Waals surface area contributed by atoms with Gasteiger partial charge in [0.1, 0.15) is 0 Å². The van der Waals surface area contributed by atoms with Crippen LogP contribution in [0.15, 0.2) is 0 Å². The molecule has 2 heterocycles. The zero-order chi connectivity index (χ0) is 13.3. The Morgan fingerprint density at radius 2 is 1.89 bits per heavy atom. The molecule has 1 amide bonds. The molecule has 1 saturated carbocycles. The minimum Gasteiger partial charge on any atom is -0.381 e. The smallest absolute Gasteiger partial charge is 0.243 e. The fourth-order valence-corrected chi connectivity index (χ4v) is 3.58. The molecule has 3 aliphatic rings. The van der Waals surface area contributed by atoms with Gasteiger partial charge in [-0.25, -0.2) is 0 Å². The highest BCUT2D eigenvalue weighted by atomic mass is 16.5. The van der Waals surface area contributed by atoms with Gasteiger partial charge in [-0.2, -0.15) is 0 Å². The first-order chi connectivity index (χ1) is 9.21. The van der Waals surface area contributed by atoms with Crippen molar-refractivity contribution < 1.29 is 14.3 Å². The summed E-state index contributed by atoms with van der Waals surface area (Å²) in [6.07, 6.45) is 6.05. The van der Waals surface area contributed by atoms with Crippen molar-refractivity contribution in [2.75, 3.05) is 26.4 Å². The van der Waals surface area contributed by atoms with Gasteiger partial charge in [-0.05, 0) is 25.7 Å². The molecule has 3 fully saturated rings. The highest BCUT2D eigenvalue weighted by Crippen LogP contribution is 2.31. The van der Waals surface area contributed by atoms with Crippen LogP contribution in [0.2, 0.25) is 0 Å². The second kappa shape index (κ2) is 5.38. The highest BCUT2D eigenvalue weighted by Gasteiger charge is 2.44. The van der Waals surface area contributed by atoms with Gasteiger partial charge >= 0.3 is 0 Å². The third-order valence-electron chi connectivity index (χ3n) is 4.80. The number of carbonyl (C=O) groups excluding carboxylic acids is 1. The Bertz CT molecular complexity index is 340. The Morgan fingerprint density at radius 3 is 2.68 bits per heavy atom. The number of fused-ring (bicyclic) bond motifs is 1. The molecule has 2 atom stereocenters. The van der Waals surface area contributed by atoms with E-state index in [1.54, 1.807) is 0 Å². The van der Waals surface area contributed by atoms with E-state index in [2.05, 4.69) is 0 Å². The molecule has 2 saturated heterocycles. The van der Waals surface area contributed by atoms with Crippen molar-refractivity contribution in [3.63, 3.8) is 0 Å². The molecule has 1 aliphatic carbocycles. The van der Waals surface area contributed by atoms with Crippen molar-refractivity contribution in [1.29, 1.82) is 0 Å². The predicted octanol–water partition coefficient (Wildman–Crippen LogP) is 0.664. The van der Waals surface area contributed by atoms with Gasteiger partial charge in [0.25, 0.3) is 0 Å². The summed E-state index contributed by atoms with van der Waals surface area (Å²) in [5.74, 6) is 0.121. The molecule has 2 aliphatic heterocycles. The van der Waals surface area contributed by atoms with Crippen molar-refractivity contribution in [2.45, 2.75) is 56.2 Å². The quantitative estimate of drug-likeness (QED) is 0.759. The summed E-state index contributed by atoms with van der Waals surface area (Å²) in [7, 11) is 0. The molecule has 19 heavy (non-hydrogen) atoms. The largest absolute Gasteiger partial charge is 0.381 e. The second-order valence-corrected chi connectivity index (χ2v) is 6.03. The summed E-state index contributed by atoms with van der Waals surface area (Å²) >= 11 is 0. The Balaban J connectivity index is 1.74. The molecule has 5 heteroatoms. The van der Waals surface area contributed by atoms with Crippen molar-refractivity contribution in [3.8, 4) is 0 Å². The number of morpholine rings is 1. The molecule has 0 bridgehead atoms. The minimum absolute atomic E-state index is 0.121. The van der Waals surface area contributed by atoms with Crippen molar-refractivity contribution in [3.05, 3.63) is 0 Å². The van der Waals surface area contributed by atoms with E-state index in [-0.39, 0.29) is 18.1 Å². The van der Waals surface area contributed by atoms with Gasteiger partial charge < -0.3 is 20.1 Å². The van der Waals surface area contributed by atoms with Gasteiger partial charge in [0.15, 0.2) is 0 Å². The number of amides is 1. The first-order valence-electron chi connectivity index (χ1n) is 7.50. The average molecular weight is 268 g/mol. The Kier molecular flexibility index (Phi) is 3.78. The van der Waals surface area contributed by atoms with E-state index in [1.807, 2.05) is 4.90 Å². The van der Waals surface area contributed by atoms with E-state index in [1.165, 1.54) is 12.8 Å². The van der Waals surface area contributed by atoms with Crippen molar-refractivity contribution >= 4 is 5.91 Å². The zero-order valence-electron chi connectivity index (χ0n) is 11.5. The fourth-order valence-electron chi connectivity index (χ4n) is 3.58. The van der Waals surface area contributed by atoms with E-state index < -0.39 is 5.54 Å². The first-order valence-corrected chi connectivity index (χ1v) is 7.50. The van der Waals surface area contributed by atoms with Crippen LogP contribution < -0.4 is 5.73 Å². The molecular formula is C14H24N2O3. The van der Waals surface area contributed by atoms with Crippen LogP contribution in [0.4, 0.5) is 0 Å². The van der Waals surface area contributed by atoms with Crippen LogP contribution in [-0.4, -0.2) is 54.9 Å².